The molecule has 1 aliphatic heterocycles. The second-order valence-electron chi connectivity index (χ2n) is 7.62. The standard InChI is InChI=1S/C22H29NO4/c1-16(2)20-13-22(10-12-27-20,18-8-4-5-9-19(18)25-3)14-21(24)23-15-17-7-6-11-26-17/h4-9,11,16,20H,10,12-15H2,1-3H3,(H,23,24)/t20-,22-/m0/s1. The van der Waals surface area contributed by atoms with Gasteiger partial charge in [-0.3, -0.25) is 4.79 Å². The van der Waals surface area contributed by atoms with Crippen molar-refractivity contribution in [3.05, 3.63) is 54.0 Å². The molecule has 5 nitrogen and oxygen atoms in total. The van der Waals surface area contributed by atoms with Crippen molar-refractivity contribution in [2.45, 2.75) is 51.2 Å². The van der Waals surface area contributed by atoms with Gasteiger partial charge >= 0.3 is 0 Å². The molecule has 0 saturated carbocycles. The number of nitrogens with one attached hydrogen (secondary N) is 1. The van der Waals surface area contributed by atoms with Crippen LogP contribution in [0.2, 0.25) is 0 Å². The summed E-state index contributed by atoms with van der Waals surface area (Å²) in [5, 5.41) is 2.99. The van der Waals surface area contributed by atoms with Crippen molar-refractivity contribution < 1.29 is 18.7 Å². The topological polar surface area (TPSA) is 60.7 Å². The fourth-order valence-corrected chi connectivity index (χ4v) is 3.93. The van der Waals surface area contributed by atoms with E-state index in [0.717, 1.165) is 29.9 Å². The second kappa shape index (κ2) is 8.61. The Morgan fingerprint density at radius 1 is 1.30 bits per heavy atom. The fraction of sp³-hybridized carbons (Fsp3) is 0.500. The number of amides is 1. The van der Waals surface area contributed by atoms with Gasteiger partial charge in [-0.15, -0.1) is 0 Å². The molecule has 1 N–H and O–H groups in total. The minimum Gasteiger partial charge on any atom is -0.496 e. The summed E-state index contributed by atoms with van der Waals surface area (Å²) in [5.41, 5.74) is 0.794. The van der Waals surface area contributed by atoms with Gasteiger partial charge in [0, 0.05) is 24.0 Å². The Bertz CT molecular complexity index is 741. The lowest BCUT2D eigenvalue weighted by Crippen LogP contribution is -2.44. The van der Waals surface area contributed by atoms with Crippen molar-refractivity contribution in [3.8, 4) is 5.75 Å². The van der Waals surface area contributed by atoms with Gasteiger partial charge in [-0.25, -0.2) is 0 Å². The van der Waals surface area contributed by atoms with E-state index in [1.165, 1.54) is 0 Å². The lowest BCUT2D eigenvalue weighted by Gasteiger charge is -2.43. The van der Waals surface area contributed by atoms with E-state index in [1.807, 2.05) is 30.3 Å². The average molecular weight is 371 g/mol. The summed E-state index contributed by atoms with van der Waals surface area (Å²) in [7, 11) is 1.68. The van der Waals surface area contributed by atoms with Crippen LogP contribution in [0, 0.1) is 5.92 Å². The van der Waals surface area contributed by atoms with E-state index < -0.39 is 0 Å². The van der Waals surface area contributed by atoms with Gasteiger partial charge in [0.05, 0.1) is 26.0 Å². The van der Waals surface area contributed by atoms with Gasteiger partial charge in [0.15, 0.2) is 0 Å². The zero-order valence-corrected chi connectivity index (χ0v) is 16.4. The van der Waals surface area contributed by atoms with Crippen LogP contribution in [0.5, 0.6) is 5.75 Å². The summed E-state index contributed by atoms with van der Waals surface area (Å²) in [6.45, 7) is 5.38. The average Bonchev–Trinajstić information content (AvgIpc) is 3.20. The van der Waals surface area contributed by atoms with E-state index in [2.05, 4.69) is 25.2 Å². The molecular weight excluding hydrogens is 342 g/mol. The molecule has 2 heterocycles. The van der Waals surface area contributed by atoms with Crippen molar-refractivity contribution in [1.29, 1.82) is 0 Å². The number of hydrogen-bond donors (Lipinski definition) is 1. The summed E-state index contributed by atoms with van der Waals surface area (Å²) < 4.78 is 16.9. The Morgan fingerprint density at radius 2 is 2.11 bits per heavy atom. The summed E-state index contributed by atoms with van der Waals surface area (Å²) in [4.78, 5) is 12.8. The number of para-hydroxylation sites is 1. The fourth-order valence-electron chi connectivity index (χ4n) is 3.93. The maximum absolute atomic E-state index is 12.8. The Morgan fingerprint density at radius 3 is 2.81 bits per heavy atom. The van der Waals surface area contributed by atoms with E-state index in [1.54, 1.807) is 13.4 Å². The maximum atomic E-state index is 12.8. The molecule has 0 unspecified atom stereocenters. The first kappa shape index (κ1) is 19.5. The Kier molecular flexibility index (Phi) is 6.22. The van der Waals surface area contributed by atoms with Crippen LogP contribution in [0.3, 0.4) is 0 Å². The highest BCUT2D eigenvalue weighted by Gasteiger charge is 2.42. The third-order valence-corrected chi connectivity index (χ3v) is 5.47. The van der Waals surface area contributed by atoms with Gasteiger partial charge in [-0.05, 0) is 37.0 Å². The monoisotopic (exact) mass is 371 g/mol. The first-order valence-electron chi connectivity index (χ1n) is 9.58. The number of ether oxygens (including phenoxy) is 2. The highest BCUT2D eigenvalue weighted by molar-refractivity contribution is 5.78. The lowest BCUT2D eigenvalue weighted by atomic mass is 9.68. The van der Waals surface area contributed by atoms with Crippen LogP contribution in [0.25, 0.3) is 0 Å². The van der Waals surface area contributed by atoms with Crippen molar-refractivity contribution in [1.82, 2.24) is 5.32 Å². The first-order chi connectivity index (χ1) is 13.0. The van der Waals surface area contributed by atoms with E-state index in [0.29, 0.717) is 25.5 Å². The molecule has 0 radical (unpaired) electrons. The van der Waals surface area contributed by atoms with Crippen LogP contribution in [-0.4, -0.2) is 25.7 Å². The summed E-state index contributed by atoms with van der Waals surface area (Å²) in [6.07, 6.45) is 3.75. The number of methoxy groups -OCH3 is 1. The molecule has 146 valence electrons. The van der Waals surface area contributed by atoms with Gasteiger partial charge in [-0.2, -0.15) is 0 Å². The predicted octanol–water partition coefficient (Wildman–Crippen LogP) is 4.07. The SMILES string of the molecule is COc1ccccc1[C@@]1(CC(=O)NCc2ccco2)CCO[C@H](C(C)C)C1. The molecule has 1 aliphatic rings. The minimum absolute atomic E-state index is 0.0155. The van der Waals surface area contributed by atoms with Gasteiger partial charge in [0.2, 0.25) is 5.91 Å². The normalized spacial score (nSPS) is 22.6. The van der Waals surface area contributed by atoms with Crippen LogP contribution >= 0.6 is 0 Å². The minimum atomic E-state index is -0.299. The largest absolute Gasteiger partial charge is 0.496 e. The van der Waals surface area contributed by atoms with Crippen LogP contribution in [0.15, 0.2) is 47.1 Å². The number of furan rings is 1. The molecule has 3 rings (SSSR count). The van der Waals surface area contributed by atoms with Gasteiger partial charge in [0.25, 0.3) is 0 Å². The molecule has 0 aliphatic carbocycles. The number of carbonyl (C=O) groups is 1. The van der Waals surface area contributed by atoms with E-state index in [4.69, 9.17) is 13.9 Å². The van der Waals surface area contributed by atoms with E-state index in [-0.39, 0.29) is 17.4 Å². The second-order valence-corrected chi connectivity index (χ2v) is 7.62. The van der Waals surface area contributed by atoms with Crippen molar-refractivity contribution >= 4 is 5.91 Å². The molecule has 1 fully saturated rings. The number of hydrogen-bond acceptors (Lipinski definition) is 4. The van der Waals surface area contributed by atoms with Crippen molar-refractivity contribution in [3.63, 3.8) is 0 Å². The summed E-state index contributed by atoms with van der Waals surface area (Å²) in [6, 6.07) is 11.7. The lowest BCUT2D eigenvalue weighted by molar-refractivity contribution is -0.125. The van der Waals surface area contributed by atoms with E-state index >= 15 is 0 Å². The Balaban J connectivity index is 1.84. The molecule has 1 aromatic heterocycles. The van der Waals surface area contributed by atoms with E-state index in [9.17, 15) is 4.79 Å². The van der Waals surface area contributed by atoms with Gasteiger partial charge < -0.3 is 19.2 Å². The molecule has 5 heteroatoms. The molecule has 1 aromatic carbocycles. The molecular formula is C22H29NO4. The highest BCUT2D eigenvalue weighted by atomic mass is 16.5. The third kappa shape index (κ3) is 4.53. The van der Waals surface area contributed by atoms with Crippen LogP contribution in [-0.2, 0) is 21.5 Å². The predicted molar refractivity (Wildman–Crippen MR) is 104 cm³/mol. The molecule has 0 bridgehead atoms. The van der Waals surface area contributed by atoms with Crippen molar-refractivity contribution in [2.75, 3.05) is 13.7 Å². The van der Waals surface area contributed by atoms with Crippen LogP contribution in [0.1, 0.15) is 44.4 Å². The number of benzene rings is 1. The molecule has 27 heavy (non-hydrogen) atoms. The molecule has 2 aromatic rings. The van der Waals surface area contributed by atoms with Gasteiger partial charge in [-0.1, -0.05) is 32.0 Å². The molecule has 1 amide bonds. The van der Waals surface area contributed by atoms with Crippen LogP contribution < -0.4 is 10.1 Å². The quantitative estimate of drug-likeness (QED) is 0.797. The number of rotatable bonds is 7. The molecule has 1 saturated heterocycles. The Hall–Kier alpha value is -2.27. The third-order valence-electron chi connectivity index (χ3n) is 5.47. The molecule has 2 atom stereocenters. The zero-order chi connectivity index (χ0) is 19.3. The summed E-state index contributed by atoms with van der Waals surface area (Å²) >= 11 is 0. The smallest absolute Gasteiger partial charge is 0.221 e. The number of carbonyl (C=O) groups excluding carboxylic acids is 1. The summed E-state index contributed by atoms with van der Waals surface area (Å²) in [5.74, 6) is 2.00. The zero-order valence-electron chi connectivity index (χ0n) is 16.4. The first-order valence-corrected chi connectivity index (χ1v) is 9.58. The van der Waals surface area contributed by atoms with Gasteiger partial charge in [0.1, 0.15) is 11.5 Å². The highest BCUT2D eigenvalue weighted by Crippen LogP contribution is 2.45. The Labute approximate surface area is 161 Å². The maximum Gasteiger partial charge on any atom is 0.221 e. The van der Waals surface area contributed by atoms with Crippen LogP contribution in [0.4, 0.5) is 0 Å². The van der Waals surface area contributed by atoms with Crippen molar-refractivity contribution in [2.24, 2.45) is 5.92 Å². The molecule has 0 spiro atoms.